The summed E-state index contributed by atoms with van der Waals surface area (Å²) in [7, 11) is 1.41. The molecule has 2 aromatic rings. The molecule has 2 aromatic carbocycles. The summed E-state index contributed by atoms with van der Waals surface area (Å²) in [4.78, 5) is 24.5. The van der Waals surface area contributed by atoms with E-state index in [-0.39, 0.29) is 5.56 Å². The van der Waals surface area contributed by atoms with E-state index < -0.39 is 18.0 Å². The standard InChI is InChI=1S/C17H14Cl3NO4/c1-9(16(22)21-14-8-11(19)3-5-13(14)20)25-17(23)12-7-10(18)4-6-15(12)24-2/h3-9H,1-2H3,(H,21,22). The molecule has 0 spiro atoms. The molecule has 2 rings (SSSR count). The van der Waals surface area contributed by atoms with E-state index in [2.05, 4.69) is 5.32 Å². The Morgan fingerprint density at radius 3 is 2.36 bits per heavy atom. The third-order valence-electron chi connectivity index (χ3n) is 3.22. The Bertz CT molecular complexity index is 810. The van der Waals surface area contributed by atoms with E-state index in [0.29, 0.717) is 26.5 Å². The summed E-state index contributed by atoms with van der Waals surface area (Å²) in [5.74, 6) is -1.00. The highest BCUT2D eigenvalue weighted by atomic mass is 35.5. The zero-order chi connectivity index (χ0) is 18.6. The minimum absolute atomic E-state index is 0.121. The highest BCUT2D eigenvalue weighted by molar-refractivity contribution is 6.35. The molecule has 0 saturated heterocycles. The van der Waals surface area contributed by atoms with Crippen molar-refractivity contribution in [2.45, 2.75) is 13.0 Å². The van der Waals surface area contributed by atoms with Crippen molar-refractivity contribution in [3.8, 4) is 5.75 Å². The number of carbonyl (C=O) groups excluding carboxylic acids is 2. The average molecular weight is 403 g/mol. The molecule has 0 saturated carbocycles. The first-order chi connectivity index (χ1) is 11.8. The number of hydrogen-bond acceptors (Lipinski definition) is 4. The Hall–Kier alpha value is -1.95. The van der Waals surface area contributed by atoms with E-state index in [0.717, 1.165) is 0 Å². The van der Waals surface area contributed by atoms with Crippen molar-refractivity contribution in [2.75, 3.05) is 12.4 Å². The monoisotopic (exact) mass is 401 g/mol. The summed E-state index contributed by atoms with van der Waals surface area (Å²) in [6.45, 7) is 1.43. The summed E-state index contributed by atoms with van der Waals surface area (Å²) < 4.78 is 10.3. The second-order valence-corrected chi connectivity index (χ2v) is 6.29. The Morgan fingerprint density at radius 1 is 1.04 bits per heavy atom. The minimum Gasteiger partial charge on any atom is -0.496 e. The Labute approximate surface area is 159 Å². The van der Waals surface area contributed by atoms with E-state index in [1.54, 1.807) is 18.2 Å². The lowest BCUT2D eigenvalue weighted by Gasteiger charge is -2.15. The molecule has 0 radical (unpaired) electrons. The van der Waals surface area contributed by atoms with Gasteiger partial charge >= 0.3 is 5.97 Å². The lowest BCUT2D eigenvalue weighted by Crippen LogP contribution is -2.30. The van der Waals surface area contributed by atoms with Gasteiger partial charge < -0.3 is 14.8 Å². The van der Waals surface area contributed by atoms with Crippen LogP contribution in [0.25, 0.3) is 0 Å². The van der Waals surface area contributed by atoms with Crippen LogP contribution in [0.4, 0.5) is 5.69 Å². The molecule has 1 N–H and O–H groups in total. The third kappa shape index (κ3) is 5.01. The number of amides is 1. The van der Waals surface area contributed by atoms with E-state index in [9.17, 15) is 9.59 Å². The molecule has 1 amide bonds. The molecule has 132 valence electrons. The molecule has 0 heterocycles. The van der Waals surface area contributed by atoms with E-state index >= 15 is 0 Å². The van der Waals surface area contributed by atoms with Crippen molar-refractivity contribution in [3.05, 3.63) is 57.0 Å². The zero-order valence-electron chi connectivity index (χ0n) is 13.3. The Morgan fingerprint density at radius 2 is 1.68 bits per heavy atom. The van der Waals surface area contributed by atoms with Gasteiger partial charge in [-0.05, 0) is 43.3 Å². The maximum absolute atomic E-state index is 12.3. The highest BCUT2D eigenvalue weighted by Gasteiger charge is 2.22. The number of esters is 1. The van der Waals surface area contributed by atoms with Crippen molar-refractivity contribution in [1.29, 1.82) is 0 Å². The van der Waals surface area contributed by atoms with Crippen molar-refractivity contribution < 1.29 is 19.1 Å². The number of halogens is 3. The van der Waals surface area contributed by atoms with Crippen LogP contribution in [0.2, 0.25) is 15.1 Å². The minimum atomic E-state index is -1.08. The first-order valence-electron chi connectivity index (χ1n) is 7.12. The van der Waals surface area contributed by atoms with Crippen LogP contribution >= 0.6 is 34.8 Å². The second kappa shape index (κ2) is 8.43. The Kier molecular flexibility index (Phi) is 6.53. The van der Waals surface area contributed by atoms with Crippen molar-refractivity contribution >= 4 is 52.4 Å². The number of nitrogens with one attached hydrogen (secondary N) is 1. The molecule has 0 bridgehead atoms. The number of anilines is 1. The van der Waals surface area contributed by atoms with Gasteiger partial charge in [-0.1, -0.05) is 34.8 Å². The second-order valence-electron chi connectivity index (χ2n) is 5.01. The van der Waals surface area contributed by atoms with E-state index in [1.165, 1.54) is 32.2 Å². The van der Waals surface area contributed by atoms with Gasteiger partial charge in [-0.25, -0.2) is 4.79 Å². The number of ether oxygens (including phenoxy) is 2. The number of carbonyl (C=O) groups is 2. The van der Waals surface area contributed by atoms with Crippen LogP contribution in [0.1, 0.15) is 17.3 Å². The van der Waals surface area contributed by atoms with Crippen LogP contribution in [-0.4, -0.2) is 25.1 Å². The van der Waals surface area contributed by atoms with Gasteiger partial charge in [-0.2, -0.15) is 0 Å². The summed E-state index contributed by atoms with van der Waals surface area (Å²) in [5.41, 5.74) is 0.442. The number of benzene rings is 2. The molecule has 25 heavy (non-hydrogen) atoms. The van der Waals surface area contributed by atoms with Gasteiger partial charge in [0.15, 0.2) is 6.10 Å². The Balaban J connectivity index is 2.09. The van der Waals surface area contributed by atoms with Gasteiger partial charge in [-0.15, -0.1) is 0 Å². The van der Waals surface area contributed by atoms with Crippen LogP contribution < -0.4 is 10.1 Å². The van der Waals surface area contributed by atoms with Crippen molar-refractivity contribution in [1.82, 2.24) is 0 Å². The molecule has 0 fully saturated rings. The fourth-order valence-corrected chi connectivity index (χ4v) is 2.45. The lowest BCUT2D eigenvalue weighted by atomic mass is 10.2. The zero-order valence-corrected chi connectivity index (χ0v) is 15.6. The molecule has 1 unspecified atom stereocenters. The molecule has 0 aliphatic rings. The molecule has 1 atom stereocenters. The van der Waals surface area contributed by atoms with Gasteiger partial charge in [0.1, 0.15) is 11.3 Å². The molecule has 8 heteroatoms. The van der Waals surface area contributed by atoms with Crippen LogP contribution in [0.3, 0.4) is 0 Å². The fourth-order valence-electron chi connectivity index (χ4n) is 1.94. The van der Waals surface area contributed by atoms with E-state index in [4.69, 9.17) is 44.3 Å². The van der Waals surface area contributed by atoms with Gasteiger partial charge in [0.25, 0.3) is 5.91 Å². The predicted molar refractivity (Wildman–Crippen MR) is 98.0 cm³/mol. The molecule has 0 aromatic heterocycles. The molecular formula is C17H14Cl3NO4. The molecule has 0 aliphatic heterocycles. The SMILES string of the molecule is COc1ccc(Cl)cc1C(=O)OC(C)C(=O)Nc1cc(Cl)ccc1Cl. The molecule has 0 aliphatic carbocycles. The maximum atomic E-state index is 12.3. The molecule has 5 nitrogen and oxygen atoms in total. The average Bonchev–Trinajstić information content (AvgIpc) is 2.57. The summed E-state index contributed by atoms with van der Waals surface area (Å²) in [6, 6.07) is 9.16. The lowest BCUT2D eigenvalue weighted by molar-refractivity contribution is -0.123. The fraction of sp³-hybridized carbons (Fsp3) is 0.176. The van der Waals surface area contributed by atoms with Crippen LogP contribution in [0, 0.1) is 0 Å². The van der Waals surface area contributed by atoms with Crippen LogP contribution in [0.15, 0.2) is 36.4 Å². The van der Waals surface area contributed by atoms with Crippen LogP contribution in [-0.2, 0) is 9.53 Å². The summed E-state index contributed by atoms with van der Waals surface area (Å²) in [6.07, 6.45) is -1.08. The predicted octanol–water partition coefficient (Wildman–Crippen LogP) is 4.84. The van der Waals surface area contributed by atoms with Crippen LogP contribution in [0.5, 0.6) is 5.75 Å². The largest absolute Gasteiger partial charge is 0.496 e. The number of rotatable bonds is 5. The first kappa shape index (κ1) is 19.4. The van der Waals surface area contributed by atoms with Gasteiger partial charge in [0.2, 0.25) is 0 Å². The van der Waals surface area contributed by atoms with Crippen molar-refractivity contribution in [2.24, 2.45) is 0 Å². The summed E-state index contributed by atoms with van der Waals surface area (Å²) in [5, 5.41) is 3.62. The van der Waals surface area contributed by atoms with Gasteiger partial charge in [0, 0.05) is 10.0 Å². The summed E-state index contributed by atoms with van der Waals surface area (Å²) >= 11 is 17.7. The first-order valence-corrected chi connectivity index (χ1v) is 8.25. The topological polar surface area (TPSA) is 64.6 Å². The van der Waals surface area contributed by atoms with Crippen molar-refractivity contribution in [3.63, 3.8) is 0 Å². The third-order valence-corrected chi connectivity index (χ3v) is 4.02. The van der Waals surface area contributed by atoms with Gasteiger partial charge in [0.05, 0.1) is 17.8 Å². The smallest absolute Gasteiger partial charge is 0.342 e. The number of hydrogen-bond donors (Lipinski definition) is 1. The normalized spacial score (nSPS) is 11.6. The maximum Gasteiger partial charge on any atom is 0.342 e. The van der Waals surface area contributed by atoms with Gasteiger partial charge in [-0.3, -0.25) is 4.79 Å². The quantitative estimate of drug-likeness (QED) is 0.727. The number of methoxy groups -OCH3 is 1. The van der Waals surface area contributed by atoms with E-state index in [1.807, 2.05) is 0 Å². The highest BCUT2D eigenvalue weighted by Crippen LogP contribution is 2.26. The molecular weight excluding hydrogens is 389 g/mol.